The fourth-order valence-electron chi connectivity index (χ4n) is 2.54. The number of rotatable bonds is 6. The highest BCUT2D eigenvalue weighted by Crippen LogP contribution is 2.27. The van der Waals surface area contributed by atoms with Gasteiger partial charge >= 0.3 is 0 Å². The molecule has 0 aromatic heterocycles. The molecule has 1 saturated heterocycles. The van der Waals surface area contributed by atoms with E-state index in [1.165, 1.54) is 42.5 Å². The van der Waals surface area contributed by atoms with Crippen molar-refractivity contribution in [1.82, 2.24) is 4.90 Å². The van der Waals surface area contributed by atoms with E-state index in [0.29, 0.717) is 42.8 Å². The maximum Gasteiger partial charge on any atom is 0.261 e. The number of nitrogens with zero attached hydrogens (tertiary/aromatic N) is 1. The number of carbonyl (C=O) groups excluding carboxylic acids is 1. The molecular weight excluding hydrogens is 427 g/mol. The number of morpholine rings is 1. The Bertz CT molecular complexity index is 945. The number of benzene rings is 2. The summed E-state index contributed by atoms with van der Waals surface area (Å²) in [6, 6.07) is 10.2. The van der Waals surface area contributed by atoms with Gasteiger partial charge in [0.05, 0.1) is 33.8 Å². The zero-order chi connectivity index (χ0) is 20.1. The minimum absolute atomic E-state index is 0.0467. The summed E-state index contributed by atoms with van der Waals surface area (Å²) in [7, 11) is -3.80. The molecule has 1 aliphatic heterocycles. The van der Waals surface area contributed by atoms with Crippen LogP contribution in [0.4, 0.5) is 5.69 Å². The Morgan fingerprint density at radius 3 is 2.39 bits per heavy atom. The molecule has 1 fully saturated rings. The summed E-state index contributed by atoms with van der Waals surface area (Å²) < 4.78 is 38.1. The predicted molar refractivity (Wildman–Crippen MR) is 107 cm³/mol. The minimum atomic E-state index is -3.80. The van der Waals surface area contributed by atoms with E-state index < -0.39 is 10.0 Å². The number of nitrogens with one attached hydrogen (secondary N) is 1. The van der Waals surface area contributed by atoms with Crippen LogP contribution in [0.2, 0.25) is 10.0 Å². The summed E-state index contributed by atoms with van der Waals surface area (Å²) in [5, 5.41) is 0.577. The van der Waals surface area contributed by atoms with Gasteiger partial charge in [0.25, 0.3) is 15.9 Å². The molecule has 0 radical (unpaired) electrons. The summed E-state index contributed by atoms with van der Waals surface area (Å²) in [5.41, 5.74) is 0.297. The first-order valence-electron chi connectivity index (χ1n) is 8.41. The maximum atomic E-state index is 12.5. The zero-order valence-electron chi connectivity index (χ0n) is 14.7. The molecule has 0 unspecified atom stereocenters. The van der Waals surface area contributed by atoms with Gasteiger partial charge in [0.2, 0.25) is 0 Å². The molecule has 3 rings (SSSR count). The van der Waals surface area contributed by atoms with Gasteiger partial charge in [-0.05, 0) is 42.5 Å². The van der Waals surface area contributed by atoms with Crippen molar-refractivity contribution in [1.29, 1.82) is 0 Å². The van der Waals surface area contributed by atoms with Gasteiger partial charge in [-0.2, -0.15) is 0 Å². The third kappa shape index (κ3) is 5.29. The zero-order valence-corrected chi connectivity index (χ0v) is 17.1. The molecule has 28 heavy (non-hydrogen) atoms. The number of halogens is 2. The van der Waals surface area contributed by atoms with Gasteiger partial charge in [-0.1, -0.05) is 23.2 Å². The standard InChI is InChI=1S/C18H18Cl2N2O5S/c19-16-6-1-13(11-17(16)20)21-28(24,25)15-4-2-14(3-5-15)27-12-18(23)22-7-9-26-10-8-22/h1-6,11,21H,7-10,12H2. The van der Waals surface area contributed by atoms with Gasteiger partial charge in [0.1, 0.15) is 5.75 Å². The van der Waals surface area contributed by atoms with Gasteiger partial charge in [-0.25, -0.2) is 8.42 Å². The summed E-state index contributed by atoms with van der Waals surface area (Å²) >= 11 is 11.7. The van der Waals surface area contributed by atoms with Crippen LogP contribution in [0.1, 0.15) is 0 Å². The van der Waals surface area contributed by atoms with Gasteiger partial charge < -0.3 is 14.4 Å². The molecule has 1 N–H and O–H groups in total. The van der Waals surface area contributed by atoms with E-state index in [1.54, 1.807) is 4.90 Å². The number of sulfonamides is 1. The van der Waals surface area contributed by atoms with Gasteiger partial charge in [0, 0.05) is 13.1 Å². The maximum absolute atomic E-state index is 12.5. The average molecular weight is 445 g/mol. The van der Waals surface area contributed by atoms with E-state index in [-0.39, 0.29) is 22.4 Å². The van der Waals surface area contributed by atoms with Crippen LogP contribution in [0.5, 0.6) is 5.75 Å². The normalized spacial score (nSPS) is 14.6. The van der Waals surface area contributed by atoms with Crippen molar-refractivity contribution in [2.45, 2.75) is 4.90 Å². The largest absolute Gasteiger partial charge is 0.484 e. The monoisotopic (exact) mass is 444 g/mol. The molecule has 0 bridgehead atoms. The number of carbonyl (C=O) groups is 1. The topological polar surface area (TPSA) is 84.9 Å². The second-order valence-corrected chi connectivity index (χ2v) is 8.48. The van der Waals surface area contributed by atoms with Crippen molar-refractivity contribution in [3.05, 3.63) is 52.5 Å². The van der Waals surface area contributed by atoms with Crippen LogP contribution in [0.15, 0.2) is 47.4 Å². The van der Waals surface area contributed by atoms with Crippen LogP contribution < -0.4 is 9.46 Å². The van der Waals surface area contributed by atoms with Crippen molar-refractivity contribution in [2.24, 2.45) is 0 Å². The van der Waals surface area contributed by atoms with Crippen molar-refractivity contribution in [2.75, 3.05) is 37.6 Å². The second kappa shape index (κ2) is 9.00. The summed E-state index contributed by atoms with van der Waals surface area (Å²) in [4.78, 5) is 13.8. The molecule has 150 valence electrons. The molecule has 2 aromatic carbocycles. The number of ether oxygens (including phenoxy) is 2. The van der Waals surface area contributed by atoms with Gasteiger partial charge in [-0.15, -0.1) is 0 Å². The molecule has 1 amide bonds. The van der Waals surface area contributed by atoms with Crippen LogP contribution in [-0.2, 0) is 19.6 Å². The predicted octanol–water partition coefficient (Wildman–Crippen LogP) is 3.03. The third-order valence-corrected chi connectivity index (χ3v) is 6.17. The Hall–Kier alpha value is -2.00. The summed E-state index contributed by atoms with van der Waals surface area (Å²) in [6.07, 6.45) is 0. The number of amides is 1. The molecule has 7 nitrogen and oxygen atoms in total. The fraction of sp³-hybridized carbons (Fsp3) is 0.278. The first-order valence-corrected chi connectivity index (χ1v) is 10.7. The van der Waals surface area contributed by atoms with Gasteiger partial charge in [0.15, 0.2) is 6.61 Å². The molecule has 0 atom stereocenters. The van der Waals surface area contributed by atoms with Crippen molar-refractivity contribution in [3.8, 4) is 5.75 Å². The number of hydrogen-bond acceptors (Lipinski definition) is 5. The molecule has 0 aliphatic carbocycles. The summed E-state index contributed by atoms with van der Waals surface area (Å²) in [5.74, 6) is 0.261. The lowest BCUT2D eigenvalue weighted by Gasteiger charge is -2.26. The van der Waals surface area contributed by atoms with Crippen LogP contribution in [0.25, 0.3) is 0 Å². The lowest BCUT2D eigenvalue weighted by atomic mass is 10.3. The van der Waals surface area contributed by atoms with E-state index in [1.807, 2.05) is 0 Å². The number of anilines is 1. The molecule has 0 saturated carbocycles. The highest BCUT2D eigenvalue weighted by atomic mass is 35.5. The Balaban J connectivity index is 1.60. The SMILES string of the molecule is O=C(COc1ccc(S(=O)(=O)Nc2ccc(Cl)c(Cl)c2)cc1)N1CCOCC1. The Labute approximate surface area is 173 Å². The average Bonchev–Trinajstić information content (AvgIpc) is 2.70. The lowest BCUT2D eigenvalue weighted by molar-refractivity contribution is -0.137. The van der Waals surface area contributed by atoms with Crippen LogP contribution >= 0.6 is 23.2 Å². The summed E-state index contributed by atoms with van der Waals surface area (Å²) in [6.45, 7) is 2.00. The smallest absolute Gasteiger partial charge is 0.261 e. The molecule has 0 spiro atoms. The third-order valence-electron chi connectivity index (χ3n) is 4.03. The molecular formula is C18H18Cl2N2O5S. The first-order chi connectivity index (χ1) is 13.3. The quantitative estimate of drug-likeness (QED) is 0.739. The van der Waals surface area contributed by atoms with E-state index in [2.05, 4.69) is 4.72 Å². The highest BCUT2D eigenvalue weighted by molar-refractivity contribution is 7.92. The molecule has 2 aromatic rings. The first kappa shape index (κ1) is 20.7. The van der Waals surface area contributed by atoms with Crippen molar-refractivity contribution >= 4 is 44.8 Å². The van der Waals surface area contributed by atoms with Gasteiger partial charge in [-0.3, -0.25) is 9.52 Å². The Morgan fingerprint density at radius 2 is 1.75 bits per heavy atom. The molecule has 10 heteroatoms. The van der Waals surface area contributed by atoms with E-state index in [4.69, 9.17) is 32.7 Å². The van der Waals surface area contributed by atoms with Crippen LogP contribution in [-0.4, -0.2) is 52.1 Å². The van der Waals surface area contributed by atoms with E-state index >= 15 is 0 Å². The van der Waals surface area contributed by atoms with E-state index in [9.17, 15) is 13.2 Å². The minimum Gasteiger partial charge on any atom is -0.484 e. The molecule has 1 heterocycles. The molecule has 1 aliphatic rings. The second-order valence-electron chi connectivity index (χ2n) is 5.99. The lowest BCUT2D eigenvalue weighted by Crippen LogP contribution is -2.42. The highest BCUT2D eigenvalue weighted by Gasteiger charge is 2.18. The van der Waals surface area contributed by atoms with Crippen LogP contribution in [0, 0.1) is 0 Å². The van der Waals surface area contributed by atoms with Crippen molar-refractivity contribution in [3.63, 3.8) is 0 Å². The van der Waals surface area contributed by atoms with E-state index in [0.717, 1.165) is 0 Å². The number of hydrogen-bond donors (Lipinski definition) is 1. The van der Waals surface area contributed by atoms with Crippen LogP contribution in [0.3, 0.4) is 0 Å². The van der Waals surface area contributed by atoms with Crippen molar-refractivity contribution < 1.29 is 22.7 Å². The Kier molecular flexibility index (Phi) is 6.66. The Morgan fingerprint density at radius 1 is 1.07 bits per heavy atom. The fourth-order valence-corrected chi connectivity index (χ4v) is 3.89.